The molecule has 3 atom stereocenters. The van der Waals surface area contributed by atoms with Gasteiger partial charge in [-0.05, 0) is 50.0 Å². The van der Waals surface area contributed by atoms with Crippen LogP contribution in [0.5, 0.6) is 0 Å². The highest BCUT2D eigenvalue weighted by atomic mass is 19.4. The Bertz CT molecular complexity index is 633. The minimum Gasteiger partial charge on any atom is -0.396 e. The molecule has 0 aliphatic carbocycles. The summed E-state index contributed by atoms with van der Waals surface area (Å²) < 4.78 is 46.3. The van der Waals surface area contributed by atoms with E-state index in [1.807, 2.05) is 6.07 Å². The maximum Gasteiger partial charge on any atom is 0.396 e. The first-order chi connectivity index (χ1) is 11.9. The maximum atomic E-state index is 13.4. The number of alkyl halides is 3. The Morgan fingerprint density at radius 3 is 2.44 bits per heavy atom. The van der Waals surface area contributed by atoms with Gasteiger partial charge in [0.25, 0.3) is 0 Å². The van der Waals surface area contributed by atoms with Crippen molar-refractivity contribution in [2.75, 3.05) is 19.7 Å². The summed E-state index contributed by atoms with van der Waals surface area (Å²) >= 11 is 0. The van der Waals surface area contributed by atoms with Gasteiger partial charge in [-0.1, -0.05) is 12.1 Å². The molecular weight excluding hydrogens is 333 g/mol. The van der Waals surface area contributed by atoms with Gasteiger partial charge in [-0.25, -0.2) is 0 Å². The van der Waals surface area contributed by atoms with Gasteiger partial charge >= 0.3 is 6.18 Å². The second kappa shape index (κ2) is 6.94. The van der Waals surface area contributed by atoms with Crippen LogP contribution in [0.15, 0.2) is 24.3 Å². The molecule has 1 aromatic carbocycles. The van der Waals surface area contributed by atoms with E-state index in [-0.39, 0.29) is 0 Å². The van der Waals surface area contributed by atoms with Crippen LogP contribution < -0.4 is 5.32 Å². The molecule has 1 spiro atoms. The fraction of sp³-hybridized carbons (Fsp3) is 0.611. The van der Waals surface area contributed by atoms with Gasteiger partial charge in [-0.15, -0.1) is 0 Å². The van der Waals surface area contributed by atoms with Crippen molar-refractivity contribution in [2.45, 2.75) is 43.1 Å². The summed E-state index contributed by atoms with van der Waals surface area (Å²) in [6, 6.07) is 8.63. The van der Waals surface area contributed by atoms with Crippen LogP contribution >= 0.6 is 0 Å². The fourth-order valence-corrected chi connectivity index (χ4v) is 4.01. The van der Waals surface area contributed by atoms with E-state index in [2.05, 4.69) is 5.32 Å². The maximum absolute atomic E-state index is 13.4. The summed E-state index contributed by atoms with van der Waals surface area (Å²) in [4.78, 5) is 0. The molecule has 2 saturated heterocycles. The average Bonchev–Trinajstić information content (AvgIpc) is 2.93. The van der Waals surface area contributed by atoms with Gasteiger partial charge in [0.05, 0.1) is 29.9 Å². The van der Waals surface area contributed by atoms with Crippen LogP contribution in [0.4, 0.5) is 13.2 Å². The normalized spacial score (nSPS) is 27.2. The van der Waals surface area contributed by atoms with E-state index in [9.17, 15) is 18.3 Å². The van der Waals surface area contributed by atoms with Crippen LogP contribution in [0.1, 0.15) is 36.3 Å². The van der Waals surface area contributed by atoms with E-state index in [1.54, 1.807) is 24.3 Å². The number of aliphatic hydroxyl groups is 1. The van der Waals surface area contributed by atoms with Crippen molar-refractivity contribution in [3.8, 4) is 6.07 Å². The Morgan fingerprint density at radius 1 is 1.28 bits per heavy atom. The lowest BCUT2D eigenvalue weighted by molar-refractivity contribution is -0.224. The van der Waals surface area contributed by atoms with Gasteiger partial charge in [0, 0.05) is 5.92 Å². The lowest BCUT2D eigenvalue weighted by atomic mass is 9.79. The molecule has 2 unspecified atom stereocenters. The third-order valence-corrected chi connectivity index (χ3v) is 5.37. The average molecular weight is 354 g/mol. The molecule has 0 radical (unpaired) electrons. The monoisotopic (exact) mass is 354 g/mol. The first-order valence-corrected chi connectivity index (χ1v) is 8.45. The van der Waals surface area contributed by atoms with E-state index >= 15 is 0 Å². The number of hydrogen-bond acceptors (Lipinski definition) is 4. The number of halogens is 3. The highest BCUT2D eigenvalue weighted by molar-refractivity contribution is 5.34. The van der Waals surface area contributed by atoms with Gasteiger partial charge < -0.3 is 15.2 Å². The second-order valence-corrected chi connectivity index (χ2v) is 6.89. The molecule has 4 nitrogen and oxygen atoms in total. The van der Waals surface area contributed by atoms with Crippen molar-refractivity contribution >= 4 is 0 Å². The topological polar surface area (TPSA) is 65.3 Å². The van der Waals surface area contributed by atoms with E-state index < -0.39 is 36.3 Å². The lowest BCUT2D eigenvalue weighted by Gasteiger charge is -2.35. The van der Waals surface area contributed by atoms with Crippen LogP contribution in [-0.2, 0) is 4.74 Å². The molecule has 0 saturated carbocycles. The predicted molar refractivity (Wildman–Crippen MR) is 84.9 cm³/mol. The summed E-state index contributed by atoms with van der Waals surface area (Å²) in [7, 11) is 0. The largest absolute Gasteiger partial charge is 0.396 e. The molecule has 2 N–H and O–H groups in total. The van der Waals surface area contributed by atoms with Crippen molar-refractivity contribution in [3.63, 3.8) is 0 Å². The van der Waals surface area contributed by atoms with Gasteiger partial charge in [0.2, 0.25) is 0 Å². The number of nitrogens with one attached hydrogen (secondary N) is 1. The van der Waals surface area contributed by atoms with E-state index in [1.165, 1.54) is 0 Å². The van der Waals surface area contributed by atoms with Crippen LogP contribution in [0, 0.1) is 17.2 Å². The number of piperidine rings is 1. The summed E-state index contributed by atoms with van der Waals surface area (Å²) in [5.41, 5.74) is 0.611. The Balaban J connectivity index is 1.94. The number of rotatable bonds is 3. The van der Waals surface area contributed by atoms with Crippen molar-refractivity contribution in [3.05, 3.63) is 35.4 Å². The zero-order chi connectivity index (χ0) is 18.1. The molecule has 2 fully saturated rings. The highest BCUT2D eigenvalue weighted by Crippen LogP contribution is 2.50. The van der Waals surface area contributed by atoms with Gasteiger partial charge in [-0.3, -0.25) is 0 Å². The number of benzene rings is 1. The second-order valence-electron chi connectivity index (χ2n) is 6.89. The summed E-state index contributed by atoms with van der Waals surface area (Å²) in [5.74, 6) is -2.37. The molecule has 2 aliphatic heterocycles. The van der Waals surface area contributed by atoms with Crippen molar-refractivity contribution in [1.29, 1.82) is 5.26 Å². The SMILES string of the molecule is N#Cc1ccc(C2CC3(CCNCC3)O[C@H]2C(CO)C(F)(F)F)cc1. The molecule has 0 bridgehead atoms. The van der Waals surface area contributed by atoms with Crippen LogP contribution in [0.25, 0.3) is 0 Å². The fourth-order valence-electron chi connectivity index (χ4n) is 4.01. The molecule has 1 aromatic rings. The molecule has 3 rings (SSSR count). The van der Waals surface area contributed by atoms with Gasteiger partial charge in [-0.2, -0.15) is 18.4 Å². The Kier molecular flexibility index (Phi) is 5.05. The molecular formula is C18H21F3N2O2. The summed E-state index contributed by atoms with van der Waals surface area (Å²) in [6.07, 6.45) is -3.82. The third-order valence-electron chi connectivity index (χ3n) is 5.37. The predicted octanol–water partition coefficient (Wildman–Crippen LogP) is 2.72. The molecule has 0 amide bonds. The van der Waals surface area contributed by atoms with Crippen LogP contribution in [0.2, 0.25) is 0 Å². The quantitative estimate of drug-likeness (QED) is 0.876. The molecule has 2 heterocycles. The number of nitrogens with zero attached hydrogens (tertiary/aromatic N) is 1. The Labute approximate surface area is 144 Å². The van der Waals surface area contributed by atoms with Gasteiger partial charge in [0.15, 0.2) is 0 Å². The number of ether oxygens (including phenoxy) is 1. The van der Waals surface area contributed by atoms with Crippen LogP contribution in [0.3, 0.4) is 0 Å². The minimum absolute atomic E-state index is 0.454. The van der Waals surface area contributed by atoms with Crippen molar-refractivity contribution < 1.29 is 23.0 Å². The Morgan fingerprint density at radius 2 is 1.92 bits per heavy atom. The third kappa shape index (κ3) is 3.66. The zero-order valence-electron chi connectivity index (χ0n) is 13.7. The number of nitriles is 1. The zero-order valence-corrected chi connectivity index (χ0v) is 13.7. The van der Waals surface area contributed by atoms with Crippen LogP contribution in [-0.4, -0.2) is 42.7 Å². The minimum atomic E-state index is -4.53. The highest BCUT2D eigenvalue weighted by Gasteiger charge is 2.56. The lowest BCUT2D eigenvalue weighted by Crippen LogP contribution is -2.44. The van der Waals surface area contributed by atoms with E-state index in [0.29, 0.717) is 37.9 Å². The molecule has 25 heavy (non-hydrogen) atoms. The smallest absolute Gasteiger partial charge is 0.396 e. The summed E-state index contributed by atoms with van der Waals surface area (Å²) in [5, 5.41) is 21.5. The number of aliphatic hydroxyl groups excluding tert-OH is 1. The number of hydrogen-bond donors (Lipinski definition) is 2. The first-order valence-electron chi connectivity index (χ1n) is 8.45. The van der Waals surface area contributed by atoms with Crippen molar-refractivity contribution in [1.82, 2.24) is 5.32 Å². The standard InChI is InChI=1S/C18H21F3N2O2/c19-18(20,21)15(11-24)16-14(13-3-1-12(10-22)2-4-13)9-17(25-16)5-7-23-8-6-17/h1-4,14-16,23-24H,5-9,11H2/t14?,15?,16-/m1/s1. The Hall–Kier alpha value is -1.62. The molecule has 136 valence electrons. The molecule has 7 heteroatoms. The molecule has 2 aliphatic rings. The molecule has 0 aromatic heterocycles. The first kappa shape index (κ1) is 18.2. The van der Waals surface area contributed by atoms with E-state index in [4.69, 9.17) is 10.00 Å². The van der Waals surface area contributed by atoms with Gasteiger partial charge in [0.1, 0.15) is 5.92 Å². The summed E-state index contributed by atoms with van der Waals surface area (Å²) in [6.45, 7) is 0.431. The van der Waals surface area contributed by atoms with E-state index in [0.717, 1.165) is 5.56 Å². The van der Waals surface area contributed by atoms with Crippen molar-refractivity contribution in [2.24, 2.45) is 5.92 Å².